The highest BCUT2D eigenvalue weighted by molar-refractivity contribution is 7.91. The van der Waals surface area contributed by atoms with E-state index in [4.69, 9.17) is 0 Å². The number of unbranched alkanes of at least 4 members (excludes halogenated alkanes) is 1. The van der Waals surface area contributed by atoms with E-state index in [9.17, 15) is 13.2 Å². The minimum absolute atomic E-state index is 0.0283. The van der Waals surface area contributed by atoms with Crippen molar-refractivity contribution in [3.63, 3.8) is 0 Å². The molecule has 0 bridgehead atoms. The maximum atomic E-state index is 12.4. The fourth-order valence-corrected chi connectivity index (χ4v) is 4.34. The lowest BCUT2D eigenvalue weighted by atomic mass is 10.2. The molecule has 0 N–H and O–H groups in total. The molecule has 1 unspecified atom stereocenters. The second kappa shape index (κ2) is 7.25. The molecule has 0 radical (unpaired) electrons. The molecule has 0 spiro atoms. The van der Waals surface area contributed by atoms with Crippen molar-refractivity contribution in [3.8, 4) is 0 Å². The Bertz CT molecular complexity index is 645. The number of anilines is 1. The van der Waals surface area contributed by atoms with Crippen LogP contribution >= 0.6 is 0 Å². The van der Waals surface area contributed by atoms with Gasteiger partial charge in [-0.3, -0.25) is 4.79 Å². The molecule has 23 heavy (non-hydrogen) atoms. The van der Waals surface area contributed by atoms with Crippen molar-refractivity contribution < 1.29 is 13.2 Å². The maximum Gasteiger partial charge on any atom is 0.274 e. The van der Waals surface area contributed by atoms with Gasteiger partial charge in [-0.1, -0.05) is 13.3 Å². The van der Waals surface area contributed by atoms with E-state index in [1.807, 2.05) is 11.9 Å². The number of nitrogens with zero attached hydrogens (tertiary/aromatic N) is 4. The van der Waals surface area contributed by atoms with Gasteiger partial charge in [-0.05, 0) is 12.8 Å². The van der Waals surface area contributed by atoms with E-state index in [0.29, 0.717) is 6.42 Å². The molecule has 2 rings (SSSR count). The fourth-order valence-electron chi connectivity index (χ4n) is 2.57. The predicted octanol–water partition coefficient (Wildman–Crippen LogP) is 0.972. The zero-order valence-corrected chi connectivity index (χ0v) is 14.7. The van der Waals surface area contributed by atoms with Gasteiger partial charge in [0.1, 0.15) is 11.5 Å². The van der Waals surface area contributed by atoms with Gasteiger partial charge in [0.25, 0.3) is 5.91 Å². The van der Waals surface area contributed by atoms with Crippen LogP contribution < -0.4 is 4.90 Å². The molecule has 1 atom stereocenters. The zero-order chi connectivity index (χ0) is 17.0. The molecule has 0 saturated carbocycles. The summed E-state index contributed by atoms with van der Waals surface area (Å²) in [6.07, 6.45) is 5.69. The minimum Gasteiger partial charge on any atom is -0.358 e. The number of hydrogen-bond acceptors (Lipinski definition) is 6. The van der Waals surface area contributed by atoms with Crippen LogP contribution in [0.4, 0.5) is 5.82 Å². The molecule has 1 saturated heterocycles. The summed E-state index contributed by atoms with van der Waals surface area (Å²) < 4.78 is 23.1. The highest BCUT2D eigenvalue weighted by Crippen LogP contribution is 2.18. The maximum absolute atomic E-state index is 12.4. The van der Waals surface area contributed by atoms with Crippen LogP contribution in [0.2, 0.25) is 0 Å². The lowest BCUT2D eigenvalue weighted by molar-refractivity contribution is 0.0741. The average molecular weight is 340 g/mol. The first-order valence-electron chi connectivity index (χ1n) is 7.85. The number of hydrogen-bond donors (Lipinski definition) is 0. The van der Waals surface area contributed by atoms with Gasteiger partial charge in [-0.25, -0.2) is 18.4 Å². The Hall–Kier alpha value is -1.70. The summed E-state index contributed by atoms with van der Waals surface area (Å²) in [5, 5.41) is 0. The van der Waals surface area contributed by atoms with E-state index in [0.717, 1.165) is 25.2 Å². The third kappa shape index (κ3) is 4.40. The van der Waals surface area contributed by atoms with Crippen molar-refractivity contribution in [2.24, 2.45) is 0 Å². The number of sulfone groups is 1. The van der Waals surface area contributed by atoms with E-state index in [1.165, 1.54) is 11.1 Å². The molecule has 0 aliphatic carbocycles. The third-order valence-corrected chi connectivity index (χ3v) is 5.92. The molecule has 1 aliphatic heterocycles. The molecule has 2 heterocycles. The van der Waals surface area contributed by atoms with Crippen LogP contribution in [0.15, 0.2) is 12.4 Å². The van der Waals surface area contributed by atoms with Gasteiger partial charge >= 0.3 is 0 Å². The number of rotatable bonds is 6. The topological polar surface area (TPSA) is 83.5 Å². The summed E-state index contributed by atoms with van der Waals surface area (Å²) in [5.41, 5.74) is 0.240. The lowest BCUT2D eigenvalue weighted by Crippen LogP contribution is -2.38. The van der Waals surface area contributed by atoms with E-state index < -0.39 is 9.84 Å². The van der Waals surface area contributed by atoms with E-state index in [2.05, 4.69) is 16.9 Å². The monoisotopic (exact) mass is 340 g/mol. The summed E-state index contributed by atoms with van der Waals surface area (Å²) >= 11 is 0. The molecular weight excluding hydrogens is 316 g/mol. The molecular formula is C15H24N4O3S. The molecule has 8 heteroatoms. The summed E-state index contributed by atoms with van der Waals surface area (Å²) in [6, 6.07) is -0.277. The van der Waals surface area contributed by atoms with Gasteiger partial charge in [0.15, 0.2) is 9.84 Å². The van der Waals surface area contributed by atoms with Gasteiger partial charge in [0.05, 0.1) is 23.9 Å². The first-order chi connectivity index (χ1) is 10.8. The summed E-state index contributed by atoms with van der Waals surface area (Å²) in [7, 11) is 0.543. The van der Waals surface area contributed by atoms with Crippen LogP contribution in [-0.4, -0.2) is 67.4 Å². The van der Waals surface area contributed by atoms with Crippen molar-refractivity contribution in [1.82, 2.24) is 14.9 Å². The first-order valence-corrected chi connectivity index (χ1v) is 9.67. The average Bonchev–Trinajstić information content (AvgIpc) is 2.91. The fraction of sp³-hybridized carbons (Fsp3) is 0.667. The number of carbonyl (C=O) groups excluding carboxylic acids is 1. The number of carbonyl (C=O) groups is 1. The van der Waals surface area contributed by atoms with Crippen molar-refractivity contribution in [2.45, 2.75) is 32.2 Å². The van der Waals surface area contributed by atoms with Gasteiger partial charge < -0.3 is 9.80 Å². The Labute approximate surface area is 137 Å². The number of aromatic nitrogens is 2. The van der Waals surface area contributed by atoms with Gasteiger partial charge in [0.2, 0.25) is 0 Å². The van der Waals surface area contributed by atoms with Crippen LogP contribution in [0.1, 0.15) is 36.7 Å². The Kier molecular flexibility index (Phi) is 5.56. The SMILES string of the molecule is CCCCN(C)c1cnc(C(=O)N(C)C2CCS(=O)(=O)C2)cn1. The van der Waals surface area contributed by atoms with Crippen LogP contribution in [0.3, 0.4) is 0 Å². The molecule has 1 fully saturated rings. The number of amides is 1. The summed E-state index contributed by atoms with van der Waals surface area (Å²) in [6.45, 7) is 3.01. The Morgan fingerprint density at radius 3 is 2.57 bits per heavy atom. The van der Waals surface area contributed by atoms with E-state index in [-0.39, 0.29) is 29.1 Å². The van der Waals surface area contributed by atoms with Gasteiger partial charge in [-0.2, -0.15) is 0 Å². The molecule has 1 aliphatic rings. The minimum atomic E-state index is -3.02. The Morgan fingerprint density at radius 2 is 2.04 bits per heavy atom. The molecule has 1 amide bonds. The van der Waals surface area contributed by atoms with Crippen LogP contribution in [0, 0.1) is 0 Å². The molecule has 128 valence electrons. The van der Waals surface area contributed by atoms with Gasteiger partial charge in [-0.15, -0.1) is 0 Å². The highest BCUT2D eigenvalue weighted by atomic mass is 32.2. The standard InChI is InChI=1S/C15H24N4O3S/c1-4-5-7-18(2)14-10-16-13(9-17-14)15(20)19(3)12-6-8-23(21,22)11-12/h9-10,12H,4-8,11H2,1-3H3. The Balaban J connectivity index is 2.02. The summed E-state index contributed by atoms with van der Waals surface area (Å²) in [5.74, 6) is 0.603. The van der Waals surface area contributed by atoms with E-state index in [1.54, 1.807) is 13.2 Å². The van der Waals surface area contributed by atoms with Crippen molar-refractivity contribution in [1.29, 1.82) is 0 Å². The third-order valence-electron chi connectivity index (χ3n) is 4.17. The molecule has 7 nitrogen and oxygen atoms in total. The van der Waals surface area contributed by atoms with Crippen LogP contribution in [0.5, 0.6) is 0 Å². The van der Waals surface area contributed by atoms with Crippen molar-refractivity contribution in [3.05, 3.63) is 18.1 Å². The van der Waals surface area contributed by atoms with Crippen LogP contribution in [-0.2, 0) is 9.84 Å². The van der Waals surface area contributed by atoms with Crippen molar-refractivity contribution in [2.75, 3.05) is 37.0 Å². The van der Waals surface area contributed by atoms with Crippen LogP contribution in [0.25, 0.3) is 0 Å². The molecule has 0 aromatic carbocycles. The second-order valence-electron chi connectivity index (χ2n) is 6.01. The Morgan fingerprint density at radius 1 is 1.30 bits per heavy atom. The largest absolute Gasteiger partial charge is 0.358 e. The van der Waals surface area contributed by atoms with Gasteiger partial charge in [0, 0.05) is 26.7 Å². The quantitative estimate of drug-likeness (QED) is 0.767. The normalized spacial score (nSPS) is 19.5. The smallest absolute Gasteiger partial charge is 0.274 e. The highest BCUT2D eigenvalue weighted by Gasteiger charge is 2.33. The first kappa shape index (κ1) is 17.7. The second-order valence-corrected chi connectivity index (χ2v) is 8.24. The lowest BCUT2D eigenvalue weighted by Gasteiger charge is -2.23. The molecule has 1 aromatic rings. The van der Waals surface area contributed by atoms with Crippen molar-refractivity contribution >= 4 is 21.6 Å². The summed E-state index contributed by atoms with van der Waals surface area (Å²) in [4.78, 5) is 24.4. The van der Waals surface area contributed by atoms with E-state index >= 15 is 0 Å². The molecule has 1 aromatic heterocycles. The zero-order valence-electron chi connectivity index (χ0n) is 13.9. The predicted molar refractivity (Wildman–Crippen MR) is 89.4 cm³/mol.